The van der Waals surface area contributed by atoms with Crippen LogP contribution in [-0.2, 0) is 0 Å². The Labute approximate surface area is 118 Å². The molecule has 0 aliphatic rings. The molecule has 1 aromatic heterocycles. The second kappa shape index (κ2) is 5.80. The number of hydrogen-bond acceptors (Lipinski definition) is 4. The summed E-state index contributed by atoms with van der Waals surface area (Å²) in [6.07, 6.45) is 1.14. The molecular weight excluding hydrogens is 285 g/mol. The second-order valence-corrected chi connectivity index (χ2v) is 4.17. The highest BCUT2D eigenvalue weighted by molar-refractivity contribution is 6.05. The number of carbonyl (C=O) groups excluding carboxylic acids is 1. The molecule has 2 rings (SSSR count). The van der Waals surface area contributed by atoms with Gasteiger partial charge in [-0.2, -0.15) is 0 Å². The molecule has 1 amide bonds. The zero-order valence-electron chi connectivity index (χ0n) is 10.9. The van der Waals surface area contributed by atoms with E-state index in [1.54, 1.807) is 0 Å². The molecule has 1 aromatic carbocycles. The van der Waals surface area contributed by atoms with Crippen molar-refractivity contribution in [3.8, 4) is 0 Å². The van der Waals surface area contributed by atoms with Crippen LogP contribution >= 0.6 is 0 Å². The van der Waals surface area contributed by atoms with Crippen molar-refractivity contribution in [3.63, 3.8) is 0 Å². The van der Waals surface area contributed by atoms with Crippen molar-refractivity contribution in [2.75, 3.05) is 10.7 Å². The van der Waals surface area contributed by atoms with E-state index in [0.29, 0.717) is 0 Å². The fourth-order valence-electron chi connectivity index (χ4n) is 1.67. The number of nitrogen functional groups attached to an aromatic ring is 1. The molecule has 5 nitrogen and oxygen atoms in total. The van der Waals surface area contributed by atoms with Crippen LogP contribution in [0.2, 0.25) is 0 Å². The number of aromatic nitrogens is 1. The van der Waals surface area contributed by atoms with E-state index < -0.39 is 34.6 Å². The number of benzene rings is 1. The molecule has 0 aliphatic carbocycles. The number of hydrogen-bond donors (Lipinski definition) is 3. The van der Waals surface area contributed by atoms with E-state index >= 15 is 0 Å². The Hall–Kier alpha value is -2.61. The predicted molar refractivity (Wildman–Crippen MR) is 71.1 cm³/mol. The van der Waals surface area contributed by atoms with Crippen LogP contribution in [0.25, 0.3) is 0 Å². The molecule has 110 valence electrons. The number of rotatable bonds is 3. The van der Waals surface area contributed by atoms with Gasteiger partial charge in [0.25, 0.3) is 5.91 Å². The van der Waals surface area contributed by atoms with Crippen LogP contribution in [0.3, 0.4) is 0 Å². The van der Waals surface area contributed by atoms with E-state index in [1.807, 2.05) is 10.7 Å². The van der Waals surface area contributed by atoms with Gasteiger partial charge >= 0.3 is 0 Å². The highest BCUT2D eigenvalue weighted by Crippen LogP contribution is 2.23. The van der Waals surface area contributed by atoms with Gasteiger partial charge in [0.1, 0.15) is 11.5 Å². The minimum absolute atomic E-state index is 0.145. The van der Waals surface area contributed by atoms with Gasteiger partial charge in [0.15, 0.2) is 17.5 Å². The van der Waals surface area contributed by atoms with Crippen molar-refractivity contribution < 1.29 is 18.0 Å². The molecule has 0 radical (unpaired) electrons. The van der Waals surface area contributed by atoms with Crippen LogP contribution < -0.4 is 16.6 Å². The summed E-state index contributed by atoms with van der Waals surface area (Å²) < 4.78 is 41.2. The van der Waals surface area contributed by atoms with Crippen molar-refractivity contribution >= 4 is 17.4 Å². The minimum Gasteiger partial charge on any atom is -0.317 e. The maximum Gasteiger partial charge on any atom is 0.258 e. The van der Waals surface area contributed by atoms with E-state index in [-0.39, 0.29) is 11.4 Å². The molecule has 0 unspecified atom stereocenters. The number of amides is 1. The Kier molecular flexibility index (Phi) is 4.08. The van der Waals surface area contributed by atoms with E-state index in [2.05, 4.69) is 4.98 Å². The van der Waals surface area contributed by atoms with Crippen LogP contribution in [0.4, 0.5) is 24.7 Å². The first-order valence-electron chi connectivity index (χ1n) is 5.82. The van der Waals surface area contributed by atoms with Crippen molar-refractivity contribution in [1.29, 1.82) is 0 Å². The lowest BCUT2D eigenvalue weighted by atomic mass is 10.1. The molecule has 0 atom stereocenters. The van der Waals surface area contributed by atoms with E-state index in [4.69, 9.17) is 5.84 Å². The van der Waals surface area contributed by atoms with Gasteiger partial charge in [0, 0.05) is 6.20 Å². The number of aryl methyl sites for hydroxylation is 1. The SMILES string of the molecule is Cc1ccc(F)c(NC(=O)c2ccnc(NN)c2F)c1F. The lowest BCUT2D eigenvalue weighted by Gasteiger charge is -2.10. The molecular formula is C13H11F3N4O. The number of nitrogens with one attached hydrogen (secondary N) is 2. The first-order chi connectivity index (χ1) is 9.95. The number of halogens is 3. The number of nitrogens with two attached hydrogens (primary N) is 1. The van der Waals surface area contributed by atoms with Crippen molar-refractivity contribution in [3.05, 3.63) is 53.0 Å². The van der Waals surface area contributed by atoms with Gasteiger partial charge < -0.3 is 10.7 Å². The maximum absolute atomic E-state index is 13.9. The molecule has 0 aliphatic heterocycles. The largest absolute Gasteiger partial charge is 0.317 e. The zero-order chi connectivity index (χ0) is 15.6. The molecule has 0 fully saturated rings. The maximum atomic E-state index is 13.9. The number of carbonyl (C=O) groups is 1. The van der Waals surface area contributed by atoms with Crippen molar-refractivity contribution in [1.82, 2.24) is 4.98 Å². The zero-order valence-corrected chi connectivity index (χ0v) is 10.9. The Morgan fingerprint density at radius 3 is 2.57 bits per heavy atom. The Bertz CT molecular complexity index is 706. The topological polar surface area (TPSA) is 80.0 Å². The predicted octanol–water partition coefficient (Wildman–Crippen LogP) is 2.35. The Morgan fingerprint density at radius 1 is 1.19 bits per heavy atom. The normalized spacial score (nSPS) is 10.3. The summed E-state index contributed by atoms with van der Waals surface area (Å²) in [4.78, 5) is 15.5. The third kappa shape index (κ3) is 2.79. The molecule has 21 heavy (non-hydrogen) atoms. The fourth-order valence-corrected chi connectivity index (χ4v) is 1.67. The average Bonchev–Trinajstić information content (AvgIpc) is 2.47. The molecule has 0 saturated heterocycles. The van der Waals surface area contributed by atoms with E-state index in [9.17, 15) is 18.0 Å². The summed E-state index contributed by atoms with van der Waals surface area (Å²) in [7, 11) is 0. The Morgan fingerprint density at radius 2 is 1.90 bits per heavy atom. The first-order valence-corrected chi connectivity index (χ1v) is 5.82. The first kappa shape index (κ1) is 14.8. The smallest absolute Gasteiger partial charge is 0.258 e. The number of nitrogens with zero attached hydrogens (tertiary/aromatic N) is 1. The summed E-state index contributed by atoms with van der Waals surface area (Å²) in [5.41, 5.74) is 1.03. The lowest BCUT2D eigenvalue weighted by molar-refractivity contribution is 0.102. The van der Waals surface area contributed by atoms with E-state index in [1.165, 1.54) is 13.0 Å². The number of anilines is 2. The van der Waals surface area contributed by atoms with E-state index in [0.717, 1.165) is 18.3 Å². The van der Waals surface area contributed by atoms with Crippen LogP contribution in [-0.4, -0.2) is 10.9 Å². The van der Waals surface area contributed by atoms with Crippen LogP contribution in [0.1, 0.15) is 15.9 Å². The van der Waals surface area contributed by atoms with Gasteiger partial charge in [-0.25, -0.2) is 24.0 Å². The molecule has 0 saturated carbocycles. The number of hydrazine groups is 1. The van der Waals surface area contributed by atoms with Crippen LogP contribution in [0, 0.1) is 24.4 Å². The Balaban J connectivity index is 2.38. The van der Waals surface area contributed by atoms with Crippen LogP contribution in [0.5, 0.6) is 0 Å². The van der Waals surface area contributed by atoms with Gasteiger partial charge in [-0.3, -0.25) is 4.79 Å². The minimum atomic E-state index is -1.02. The van der Waals surface area contributed by atoms with Crippen molar-refractivity contribution in [2.45, 2.75) is 6.92 Å². The summed E-state index contributed by atoms with van der Waals surface area (Å²) in [5, 5.41) is 2.00. The highest BCUT2D eigenvalue weighted by Gasteiger charge is 2.19. The molecule has 2 aromatic rings. The van der Waals surface area contributed by atoms with Gasteiger partial charge in [0.2, 0.25) is 0 Å². The second-order valence-electron chi connectivity index (χ2n) is 4.17. The third-order valence-corrected chi connectivity index (χ3v) is 2.79. The molecule has 0 bridgehead atoms. The number of pyridine rings is 1. The van der Waals surface area contributed by atoms with Crippen molar-refractivity contribution in [2.24, 2.45) is 5.84 Å². The van der Waals surface area contributed by atoms with Crippen LogP contribution in [0.15, 0.2) is 24.4 Å². The highest BCUT2D eigenvalue weighted by atomic mass is 19.1. The lowest BCUT2D eigenvalue weighted by Crippen LogP contribution is -2.19. The third-order valence-electron chi connectivity index (χ3n) is 2.79. The van der Waals surface area contributed by atoms with Gasteiger partial charge in [-0.05, 0) is 24.6 Å². The molecule has 8 heteroatoms. The fraction of sp³-hybridized carbons (Fsp3) is 0.0769. The summed E-state index contributed by atoms with van der Waals surface area (Å²) in [5.74, 6) is 0.760. The van der Waals surface area contributed by atoms with Gasteiger partial charge in [-0.1, -0.05) is 6.07 Å². The standard InChI is InChI=1S/C13H11F3N4O/c1-6-2-3-8(14)11(9(6)15)19-13(21)7-4-5-18-12(20-17)10(7)16/h2-5H,17H2,1H3,(H,18,20)(H,19,21). The quantitative estimate of drug-likeness (QED) is 0.600. The van der Waals surface area contributed by atoms with Gasteiger partial charge in [0.05, 0.1) is 5.56 Å². The summed E-state index contributed by atoms with van der Waals surface area (Å²) in [6.45, 7) is 1.41. The molecule has 4 N–H and O–H groups in total. The average molecular weight is 296 g/mol. The summed E-state index contributed by atoms with van der Waals surface area (Å²) >= 11 is 0. The summed E-state index contributed by atoms with van der Waals surface area (Å²) in [6, 6.07) is 3.30. The molecule has 0 spiro atoms. The monoisotopic (exact) mass is 296 g/mol. The van der Waals surface area contributed by atoms with Gasteiger partial charge in [-0.15, -0.1) is 0 Å². The molecule has 1 heterocycles.